The summed E-state index contributed by atoms with van der Waals surface area (Å²) in [5.41, 5.74) is 2.42. The molecule has 142 valence electrons. The molecule has 0 saturated carbocycles. The Kier molecular flexibility index (Phi) is 5.34. The smallest absolute Gasteiger partial charge is 0.308 e. The summed E-state index contributed by atoms with van der Waals surface area (Å²) in [6, 6.07) is 26.9. The average molecular weight is 381 g/mol. The van der Waals surface area contributed by atoms with Gasteiger partial charge in [0.1, 0.15) is 17.0 Å². The number of carbonyl (C=O) groups excluding carboxylic acids is 1. The summed E-state index contributed by atoms with van der Waals surface area (Å²) in [6.45, 7) is 1.38. The van der Waals surface area contributed by atoms with Crippen LogP contribution in [0.25, 0.3) is 23.1 Å². The van der Waals surface area contributed by atoms with Gasteiger partial charge in [-0.25, -0.2) is 4.98 Å². The maximum Gasteiger partial charge on any atom is 0.308 e. The summed E-state index contributed by atoms with van der Waals surface area (Å²) in [5, 5.41) is 0.916. The fourth-order valence-corrected chi connectivity index (χ4v) is 2.95. The predicted octanol–water partition coefficient (Wildman–Crippen LogP) is 6.12. The van der Waals surface area contributed by atoms with E-state index in [0.29, 0.717) is 11.3 Å². The van der Waals surface area contributed by atoms with Crippen molar-refractivity contribution in [2.45, 2.75) is 6.92 Å². The monoisotopic (exact) mass is 381 g/mol. The number of hydrogen-bond donors (Lipinski definition) is 0. The molecule has 0 radical (unpaired) electrons. The zero-order valence-electron chi connectivity index (χ0n) is 15.9. The summed E-state index contributed by atoms with van der Waals surface area (Å²) < 4.78 is 11.2. The van der Waals surface area contributed by atoms with Crippen LogP contribution in [0.3, 0.4) is 0 Å². The highest BCUT2D eigenvalue weighted by atomic mass is 16.5. The molecule has 0 N–H and O–H groups in total. The van der Waals surface area contributed by atoms with Crippen LogP contribution in [0.15, 0.2) is 84.9 Å². The first-order valence-electron chi connectivity index (χ1n) is 9.27. The van der Waals surface area contributed by atoms with Crippen molar-refractivity contribution in [2.75, 3.05) is 0 Å². The third-order valence-electron chi connectivity index (χ3n) is 4.24. The van der Waals surface area contributed by atoms with E-state index in [-0.39, 0.29) is 5.97 Å². The van der Waals surface area contributed by atoms with Gasteiger partial charge in [0, 0.05) is 12.3 Å². The van der Waals surface area contributed by atoms with Gasteiger partial charge in [0.15, 0.2) is 5.75 Å². The van der Waals surface area contributed by atoms with Gasteiger partial charge in [-0.1, -0.05) is 54.6 Å². The Bertz CT molecular complexity index is 1180. The Labute approximate surface area is 169 Å². The fraction of sp³-hybridized carbons (Fsp3) is 0.0400. The summed E-state index contributed by atoms with van der Waals surface area (Å²) in [5.74, 6) is 1.66. The number of hydrogen-bond acceptors (Lipinski definition) is 4. The van der Waals surface area contributed by atoms with Crippen molar-refractivity contribution in [1.82, 2.24) is 4.98 Å². The summed E-state index contributed by atoms with van der Waals surface area (Å²) in [7, 11) is 0. The van der Waals surface area contributed by atoms with Crippen molar-refractivity contribution in [3.63, 3.8) is 0 Å². The molecule has 0 saturated heterocycles. The quantitative estimate of drug-likeness (QED) is 0.308. The van der Waals surface area contributed by atoms with E-state index >= 15 is 0 Å². The molecule has 0 aliphatic heterocycles. The normalized spacial score (nSPS) is 10.9. The van der Waals surface area contributed by atoms with Crippen molar-refractivity contribution >= 4 is 29.0 Å². The van der Waals surface area contributed by atoms with Gasteiger partial charge in [-0.05, 0) is 48.0 Å². The Balaban J connectivity index is 1.58. The van der Waals surface area contributed by atoms with E-state index < -0.39 is 0 Å². The van der Waals surface area contributed by atoms with Crippen molar-refractivity contribution in [1.29, 1.82) is 0 Å². The number of nitrogens with zero attached hydrogens (tertiary/aromatic N) is 1. The molecule has 4 heteroatoms. The molecule has 0 atom stereocenters. The van der Waals surface area contributed by atoms with Crippen LogP contribution in [0.5, 0.6) is 17.2 Å². The number of benzene rings is 3. The number of fused-ring (bicyclic) bond motifs is 1. The van der Waals surface area contributed by atoms with Gasteiger partial charge >= 0.3 is 5.97 Å². The molecule has 0 spiro atoms. The van der Waals surface area contributed by atoms with E-state index in [0.717, 1.165) is 28.1 Å². The molecule has 29 heavy (non-hydrogen) atoms. The van der Waals surface area contributed by atoms with Crippen LogP contribution in [0.2, 0.25) is 0 Å². The third kappa shape index (κ3) is 4.68. The lowest BCUT2D eigenvalue weighted by molar-refractivity contribution is -0.131. The first-order chi connectivity index (χ1) is 14.2. The lowest BCUT2D eigenvalue weighted by atomic mass is 10.1. The minimum Gasteiger partial charge on any atom is -0.457 e. The van der Waals surface area contributed by atoms with E-state index in [1.54, 1.807) is 6.07 Å². The van der Waals surface area contributed by atoms with Gasteiger partial charge in [0.25, 0.3) is 0 Å². The van der Waals surface area contributed by atoms with E-state index in [1.165, 1.54) is 6.92 Å². The number of carbonyl (C=O) groups is 1. The minimum atomic E-state index is -0.365. The van der Waals surface area contributed by atoms with Crippen LogP contribution in [0, 0.1) is 0 Å². The summed E-state index contributed by atoms with van der Waals surface area (Å²) >= 11 is 0. The lowest BCUT2D eigenvalue weighted by Gasteiger charge is -2.06. The second-order valence-corrected chi connectivity index (χ2v) is 6.48. The van der Waals surface area contributed by atoms with E-state index in [2.05, 4.69) is 4.98 Å². The Morgan fingerprint density at radius 2 is 1.62 bits per heavy atom. The van der Waals surface area contributed by atoms with Crippen LogP contribution < -0.4 is 9.47 Å². The average Bonchev–Trinajstić information content (AvgIpc) is 2.73. The fourth-order valence-electron chi connectivity index (χ4n) is 2.95. The van der Waals surface area contributed by atoms with Crippen LogP contribution >= 0.6 is 0 Å². The molecular formula is C25H19NO3. The maximum atomic E-state index is 11.3. The minimum absolute atomic E-state index is 0.365. The highest BCUT2D eigenvalue weighted by molar-refractivity contribution is 5.88. The Morgan fingerprint density at radius 1 is 0.828 bits per heavy atom. The molecule has 4 nitrogen and oxygen atoms in total. The summed E-state index contributed by atoms with van der Waals surface area (Å²) in [6.07, 6.45) is 3.89. The molecule has 3 aromatic carbocycles. The molecule has 4 aromatic rings. The van der Waals surface area contributed by atoms with Crippen LogP contribution in [-0.2, 0) is 4.79 Å². The number of ether oxygens (including phenoxy) is 2. The topological polar surface area (TPSA) is 48.4 Å². The molecule has 1 heterocycles. The molecule has 4 rings (SSSR count). The van der Waals surface area contributed by atoms with Gasteiger partial charge < -0.3 is 9.47 Å². The van der Waals surface area contributed by atoms with Crippen molar-refractivity contribution < 1.29 is 14.3 Å². The maximum absolute atomic E-state index is 11.3. The van der Waals surface area contributed by atoms with Crippen molar-refractivity contribution in [3.05, 3.63) is 96.2 Å². The van der Waals surface area contributed by atoms with E-state index in [4.69, 9.17) is 9.47 Å². The van der Waals surface area contributed by atoms with Crippen LogP contribution in [-0.4, -0.2) is 11.0 Å². The van der Waals surface area contributed by atoms with Gasteiger partial charge in [-0.2, -0.15) is 0 Å². The second kappa shape index (κ2) is 8.40. The second-order valence-electron chi connectivity index (χ2n) is 6.48. The number of aromatic nitrogens is 1. The van der Waals surface area contributed by atoms with Crippen LogP contribution in [0.1, 0.15) is 18.2 Å². The van der Waals surface area contributed by atoms with E-state index in [9.17, 15) is 4.79 Å². The molecule has 0 bridgehead atoms. The van der Waals surface area contributed by atoms with E-state index in [1.807, 2.05) is 91.0 Å². The number of rotatable bonds is 5. The SMILES string of the molecule is CC(=O)Oc1cccc2ccc(/C=C/c3cccc(Oc4ccccc4)c3)nc12. The largest absolute Gasteiger partial charge is 0.457 e. The van der Waals surface area contributed by atoms with Crippen molar-refractivity contribution in [2.24, 2.45) is 0 Å². The number of para-hydroxylation sites is 2. The molecule has 0 amide bonds. The highest BCUT2D eigenvalue weighted by Crippen LogP contribution is 2.25. The molecular weight excluding hydrogens is 362 g/mol. The van der Waals surface area contributed by atoms with Gasteiger partial charge in [0.2, 0.25) is 0 Å². The number of esters is 1. The third-order valence-corrected chi connectivity index (χ3v) is 4.24. The zero-order valence-corrected chi connectivity index (χ0v) is 15.9. The molecule has 0 fully saturated rings. The zero-order chi connectivity index (χ0) is 20.1. The molecule has 0 aliphatic carbocycles. The predicted molar refractivity (Wildman–Crippen MR) is 115 cm³/mol. The van der Waals surface area contributed by atoms with Gasteiger partial charge in [-0.15, -0.1) is 0 Å². The first kappa shape index (κ1) is 18.4. The lowest BCUT2D eigenvalue weighted by Crippen LogP contribution is -2.02. The number of pyridine rings is 1. The molecule has 0 unspecified atom stereocenters. The Morgan fingerprint density at radius 3 is 2.45 bits per heavy atom. The van der Waals surface area contributed by atoms with Crippen molar-refractivity contribution in [3.8, 4) is 17.2 Å². The standard InChI is InChI=1S/C25H19NO3/c1-18(27)28-24-12-6-8-20-14-16-21(26-25(20)24)15-13-19-7-5-11-23(17-19)29-22-9-3-2-4-10-22/h2-17H,1H3/b15-13+. The summed E-state index contributed by atoms with van der Waals surface area (Å²) in [4.78, 5) is 16.0. The Hall–Kier alpha value is -3.92. The molecule has 1 aromatic heterocycles. The molecule has 0 aliphatic rings. The highest BCUT2D eigenvalue weighted by Gasteiger charge is 2.06. The first-order valence-corrected chi connectivity index (χ1v) is 9.27. The van der Waals surface area contributed by atoms with Gasteiger partial charge in [0.05, 0.1) is 5.69 Å². The van der Waals surface area contributed by atoms with Gasteiger partial charge in [-0.3, -0.25) is 4.79 Å². The van der Waals surface area contributed by atoms with Crippen LogP contribution in [0.4, 0.5) is 0 Å².